The van der Waals surface area contributed by atoms with Crippen LogP contribution in [0.3, 0.4) is 0 Å². The number of ether oxygens (including phenoxy) is 3. The number of hydrogen-bond donors (Lipinski definition) is 1. The summed E-state index contributed by atoms with van der Waals surface area (Å²) >= 11 is 0. The van der Waals surface area contributed by atoms with E-state index in [0.29, 0.717) is 0 Å². The van der Waals surface area contributed by atoms with Crippen molar-refractivity contribution in [3.63, 3.8) is 0 Å². The number of nitrogens with one attached hydrogen (secondary N) is 1. The smallest absolute Gasteiger partial charge is 0.231 e. The van der Waals surface area contributed by atoms with E-state index in [2.05, 4.69) is 5.32 Å². The minimum atomic E-state index is -2.77. The lowest BCUT2D eigenvalue weighted by Crippen LogP contribution is -2.38. The maximum Gasteiger partial charge on any atom is 0.231 e. The third-order valence-corrected chi connectivity index (χ3v) is 3.75. The van der Waals surface area contributed by atoms with Gasteiger partial charge in [-0.2, -0.15) is 0 Å². The van der Waals surface area contributed by atoms with Crippen LogP contribution >= 0.6 is 0 Å². The van der Waals surface area contributed by atoms with E-state index in [1.54, 1.807) is 0 Å². The molecule has 0 radical (unpaired) electrons. The van der Waals surface area contributed by atoms with E-state index < -0.39 is 61.6 Å². The van der Waals surface area contributed by atoms with E-state index in [4.69, 9.17) is 27.9 Å². The van der Waals surface area contributed by atoms with Crippen LogP contribution < -0.4 is 19.5 Å². The largest absolute Gasteiger partial charge is 0.493 e. The second-order valence-electron chi connectivity index (χ2n) is 5.29. The highest BCUT2D eigenvalue weighted by Crippen LogP contribution is 2.36. The Morgan fingerprint density at radius 2 is 2.12 bits per heavy atom. The molecule has 2 heterocycles. The summed E-state index contributed by atoms with van der Waals surface area (Å²) in [6.45, 7) is -7.54. The Morgan fingerprint density at radius 3 is 3.00 bits per heavy atom. The normalized spacial score (nSPS) is 33.2. The Hall–Kier alpha value is -2.27. The van der Waals surface area contributed by atoms with Gasteiger partial charge in [-0.05, 0) is 48.7 Å². The molecule has 0 aromatic heterocycles. The van der Waals surface area contributed by atoms with Crippen molar-refractivity contribution in [1.29, 1.82) is 0 Å². The van der Waals surface area contributed by atoms with Crippen molar-refractivity contribution in [2.75, 3.05) is 26.3 Å². The Kier molecular flexibility index (Phi) is 2.16. The monoisotopic (exact) mass is 339 g/mol. The van der Waals surface area contributed by atoms with Crippen LogP contribution in [0, 0.1) is 11.7 Å². The highest BCUT2D eigenvalue weighted by atomic mass is 19.1. The van der Waals surface area contributed by atoms with E-state index in [1.165, 1.54) is 18.2 Å². The lowest BCUT2D eigenvalue weighted by Gasteiger charge is -2.32. The van der Waals surface area contributed by atoms with Crippen LogP contribution in [-0.4, -0.2) is 26.3 Å². The Balaban J connectivity index is 1.75. The lowest BCUT2D eigenvalue weighted by atomic mass is 9.81. The molecule has 2 aliphatic heterocycles. The predicted octanol–water partition coefficient (Wildman–Crippen LogP) is 3.33. The first-order valence-electron chi connectivity index (χ1n) is 12.4. The number of rotatable bonds is 4. The molecule has 2 aromatic carbocycles. The lowest BCUT2D eigenvalue weighted by molar-refractivity contribution is 0.173. The zero-order valence-corrected chi connectivity index (χ0v) is 12.4. The molecular weight excluding hydrogens is 309 g/mol. The molecule has 1 N–H and O–H groups in total. The Morgan fingerprint density at radius 1 is 1.29 bits per heavy atom. The molecule has 0 spiro atoms. The number of halogens is 1. The van der Waals surface area contributed by atoms with Gasteiger partial charge in [0.15, 0.2) is 11.5 Å². The molecule has 1 unspecified atom stereocenters. The number of hydrogen-bond acceptors (Lipinski definition) is 4. The Bertz CT molecular complexity index is 1120. The molecule has 2 aliphatic rings. The van der Waals surface area contributed by atoms with Crippen molar-refractivity contribution < 1.29 is 32.3 Å². The van der Waals surface area contributed by atoms with E-state index in [1.807, 2.05) is 0 Å². The highest BCUT2D eigenvalue weighted by Gasteiger charge is 2.27. The van der Waals surface area contributed by atoms with Crippen LogP contribution in [0.15, 0.2) is 42.4 Å². The van der Waals surface area contributed by atoms with Gasteiger partial charge in [0.05, 0.1) is 14.8 Å². The van der Waals surface area contributed by atoms with E-state index in [9.17, 15) is 4.39 Å². The maximum absolute atomic E-state index is 14.1. The topological polar surface area (TPSA) is 39.7 Å². The van der Waals surface area contributed by atoms with Gasteiger partial charge in [0, 0.05) is 21.2 Å². The molecule has 126 valence electrons. The minimum absolute atomic E-state index is 0.0384. The van der Waals surface area contributed by atoms with Gasteiger partial charge >= 0.3 is 0 Å². The van der Waals surface area contributed by atoms with E-state index in [0.717, 1.165) is 0 Å². The highest BCUT2D eigenvalue weighted by molar-refractivity contribution is 5.46. The number of benzene rings is 2. The van der Waals surface area contributed by atoms with Crippen molar-refractivity contribution in [2.24, 2.45) is 5.92 Å². The number of piperidine rings is 1. The summed E-state index contributed by atoms with van der Waals surface area (Å²) in [5.74, 6) is -4.31. The summed E-state index contributed by atoms with van der Waals surface area (Å²) in [5.41, 5.74) is -0.293. The summed E-state index contributed by atoms with van der Waals surface area (Å²) in [4.78, 5) is 0. The summed E-state index contributed by atoms with van der Waals surface area (Å²) in [6.07, 6.45) is 0.0384. The van der Waals surface area contributed by atoms with Crippen LogP contribution in [-0.2, 0) is 0 Å². The molecule has 0 amide bonds. The van der Waals surface area contributed by atoms with Gasteiger partial charge in [0.1, 0.15) is 14.3 Å². The molecule has 0 bridgehead atoms. The van der Waals surface area contributed by atoms with E-state index in [-0.39, 0.29) is 35.8 Å². The van der Waals surface area contributed by atoms with E-state index >= 15 is 0 Å². The quantitative estimate of drug-likeness (QED) is 0.927. The fourth-order valence-electron chi connectivity index (χ4n) is 2.55. The molecule has 1 saturated heterocycles. The van der Waals surface area contributed by atoms with Crippen LogP contribution in [0.5, 0.6) is 17.2 Å². The van der Waals surface area contributed by atoms with Crippen LogP contribution in [0.1, 0.15) is 31.6 Å². The predicted molar refractivity (Wildman–Crippen MR) is 88.2 cm³/mol. The molecule has 0 aliphatic carbocycles. The van der Waals surface area contributed by atoms with Gasteiger partial charge in [-0.15, -0.1) is 0 Å². The second kappa shape index (κ2) is 6.69. The Labute approximate surface area is 154 Å². The summed E-state index contributed by atoms with van der Waals surface area (Å²) in [7, 11) is 0. The molecule has 0 saturated carbocycles. The van der Waals surface area contributed by atoms with Crippen LogP contribution in [0.25, 0.3) is 0 Å². The van der Waals surface area contributed by atoms with Gasteiger partial charge in [-0.3, -0.25) is 0 Å². The molecule has 24 heavy (non-hydrogen) atoms. The summed E-state index contributed by atoms with van der Waals surface area (Å²) < 4.78 is 110. The fourth-order valence-corrected chi connectivity index (χ4v) is 2.55. The molecule has 2 atom stereocenters. The average Bonchev–Trinajstić information content (AvgIpc) is 3.02. The SMILES string of the molecule is [2H]c1c([2H])c(C2CCNC([2H])([2H])[C@H]2C([2H])([2H])Oc2ccc3c(c2)OC([2H])([2H])O3)c([2H])c([2H])c1F. The standard InChI is InChI=1S/C19H20FNO3/c20-15-3-1-13(2-4-15)17-7-8-21-10-14(17)11-22-16-5-6-18-19(9-16)24-12-23-18/h1-6,9,14,17,21H,7-8,10-12H2/t14-,17?/m0/s1/i1D,2D,3D,4D,10D2,11D2,12D2. The zero-order valence-electron chi connectivity index (χ0n) is 22.4. The zero-order chi connectivity index (χ0) is 25.2. The van der Waals surface area contributed by atoms with Gasteiger partial charge in [-0.1, -0.05) is 12.1 Å². The first-order chi connectivity index (χ1) is 15.6. The summed E-state index contributed by atoms with van der Waals surface area (Å²) in [6, 6.07) is 0.543. The second-order valence-corrected chi connectivity index (χ2v) is 5.29. The maximum atomic E-state index is 14.1. The average molecular weight is 339 g/mol. The summed E-state index contributed by atoms with van der Waals surface area (Å²) in [5, 5.41) is 2.56. The van der Waals surface area contributed by atoms with Crippen LogP contribution in [0.2, 0.25) is 0 Å². The molecule has 5 heteroatoms. The molecular formula is C19H20FNO3. The third kappa shape index (κ3) is 3.17. The van der Waals surface area contributed by atoms with Crippen molar-refractivity contribution in [1.82, 2.24) is 5.32 Å². The van der Waals surface area contributed by atoms with Gasteiger partial charge in [-0.25, -0.2) is 4.39 Å². The molecule has 1 fully saturated rings. The van der Waals surface area contributed by atoms with Crippen molar-refractivity contribution in [3.8, 4) is 17.2 Å². The first-order valence-corrected chi connectivity index (χ1v) is 7.36. The van der Waals surface area contributed by atoms with Crippen molar-refractivity contribution in [2.45, 2.75) is 12.3 Å². The third-order valence-electron chi connectivity index (χ3n) is 3.75. The molecule has 4 nitrogen and oxygen atoms in total. The molecule has 4 rings (SSSR count). The van der Waals surface area contributed by atoms with Gasteiger partial charge in [0.25, 0.3) is 0 Å². The minimum Gasteiger partial charge on any atom is -0.493 e. The van der Waals surface area contributed by atoms with Crippen LogP contribution in [0.4, 0.5) is 4.39 Å². The van der Waals surface area contributed by atoms with Crippen molar-refractivity contribution in [3.05, 3.63) is 53.7 Å². The first kappa shape index (κ1) is 7.74. The van der Waals surface area contributed by atoms with Gasteiger partial charge in [0.2, 0.25) is 6.75 Å². The fraction of sp³-hybridized carbons (Fsp3) is 0.368. The van der Waals surface area contributed by atoms with Crippen molar-refractivity contribution >= 4 is 0 Å². The number of fused-ring (bicyclic) bond motifs is 1. The van der Waals surface area contributed by atoms with Gasteiger partial charge < -0.3 is 19.5 Å². The molecule has 2 aromatic rings.